The van der Waals surface area contributed by atoms with Crippen LogP contribution in [0.3, 0.4) is 0 Å². The average molecular weight is 424 g/mol. The van der Waals surface area contributed by atoms with Gasteiger partial charge in [-0.2, -0.15) is 0 Å². The van der Waals surface area contributed by atoms with Gasteiger partial charge in [-0.25, -0.2) is 8.42 Å². The minimum Gasteiger partial charge on any atom is -0.350 e. The molecule has 0 bridgehead atoms. The van der Waals surface area contributed by atoms with Crippen molar-refractivity contribution in [2.45, 2.75) is 10.9 Å². The summed E-state index contributed by atoms with van der Waals surface area (Å²) in [6, 6.07) is 24.5. The van der Waals surface area contributed by atoms with Gasteiger partial charge in [0.05, 0.1) is 10.9 Å². The second kappa shape index (κ2) is 9.56. The number of likely N-dealkylation sites (N-methyl/N-ethyl adjacent to an activating group) is 1. The minimum atomic E-state index is -3.66. The maximum atomic E-state index is 12.6. The fourth-order valence-electron chi connectivity index (χ4n) is 3.07. The summed E-state index contributed by atoms with van der Waals surface area (Å²) in [4.78, 5) is 14.8. The highest BCUT2D eigenvalue weighted by Crippen LogP contribution is 2.18. The van der Waals surface area contributed by atoms with Crippen LogP contribution in [-0.4, -0.2) is 39.9 Å². The highest BCUT2D eigenvalue weighted by atomic mass is 32.2. The number of carbonyl (C=O) groups is 1. The summed E-state index contributed by atoms with van der Waals surface area (Å²) >= 11 is 0. The summed E-state index contributed by atoms with van der Waals surface area (Å²) in [5, 5.41) is 2.95. The van der Waals surface area contributed by atoms with E-state index in [-0.39, 0.29) is 16.8 Å². The van der Waals surface area contributed by atoms with Crippen molar-refractivity contribution < 1.29 is 13.2 Å². The van der Waals surface area contributed by atoms with Crippen LogP contribution < -0.4 is 10.0 Å². The third-order valence-electron chi connectivity index (χ3n) is 4.72. The van der Waals surface area contributed by atoms with Gasteiger partial charge in [0.2, 0.25) is 0 Å². The SMILES string of the molecule is CN(C)C(CNC(=O)c1ccc(NS(=O)(=O)c2ccccc2)cc1)c1ccccc1. The molecule has 0 spiro atoms. The normalized spacial score (nSPS) is 12.4. The number of carbonyl (C=O) groups excluding carboxylic acids is 1. The Bertz CT molecular complexity index is 1070. The fraction of sp³-hybridized carbons (Fsp3) is 0.174. The predicted octanol–water partition coefficient (Wildman–Crippen LogP) is 3.52. The number of amides is 1. The lowest BCUT2D eigenvalue weighted by Crippen LogP contribution is -2.34. The highest BCUT2D eigenvalue weighted by Gasteiger charge is 2.16. The number of rotatable bonds is 8. The molecule has 30 heavy (non-hydrogen) atoms. The maximum Gasteiger partial charge on any atom is 0.261 e. The number of nitrogens with one attached hydrogen (secondary N) is 2. The van der Waals surface area contributed by atoms with Crippen molar-refractivity contribution in [1.82, 2.24) is 10.2 Å². The third kappa shape index (κ3) is 5.46. The molecule has 7 heteroatoms. The molecule has 0 aromatic heterocycles. The van der Waals surface area contributed by atoms with Gasteiger partial charge < -0.3 is 10.2 Å². The third-order valence-corrected chi connectivity index (χ3v) is 6.11. The molecule has 0 radical (unpaired) electrons. The highest BCUT2D eigenvalue weighted by molar-refractivity contribution is 7.92. The van der Waals surface area contributed by atoms with Crippen molar-refractivity contribution in [3.05, 3.63) is 96.1 Å². The van der Waals surface area contributed by atoms with Crippen LogP contribution >= 0.6 is 0 Å². The van der Waals surface area contributed by atoms with Crippen molar-refractivity contribution in [2.24, 2.45) is 0 Å². The van der Waals surface area contributed by atoms with E-state index in [0.29, 0.717) is 17.8 Å². The quantitative estimate of drug-likeness (QED) is 0.581. The largest absolute Gasteiger partial charge is 0.350 e. The van der Waals surface area contributed by atoms with Crippen molar-refractivity contribution in [1.29, 1.82) is 0 Å². The number of sulfonamides is 1. The van der Waals surface area contributed by atoms with Gasteiger partial charge in [-0.15, -0.1) is 0 Å². The number of anilines is 1. The Morgan fingerprint density at radius 1 is 0.867 bits per heavy atom. The summed E-state index contributed by atoms with van der Waals surface area (Å²) in [6.45, 7) is 0.457. The Hall–Kier alpha value is -3.16. The Morgan fingerprint density at radius 2 is 1.43 bits per heavy atom. The van der Waals surface area contributed by atoms with Crippen LogP contribution in [0, 0.1) is 0 Å². The second-order valence-corrected chi connectivity index (χ2v) is 8.78. The van der Waals surface area contributed by atoms with Crippen molar-refractivity contribution in [3.8, 4) is 0 Å². The van der Waals surface area contributed by atoms with E-state index in [4.69, 9.17) is 0 Å². The van der Waals surface area contributed by atoms with E-state index in [1.807, 2.05) is 44.4 Å². The van der Waals surface area contributed by atoms with Crippen LogP contribution in [0.1, 0.15) is 22.0 Å². The van der Waals surface area contributed by atoms with Gasteiger partial charge in [-0.3, -0.25) is 9.52 Å². The lowest BCUT2D eigenvalue weighted by molar-refractivity contribution is 0.0942. The van der Waals surface area contributed by atoms with E-state index < -0.39 is 10.0 Å². The van der Waals surface area contributed by atoms with Gasteiger partial charge >= 0.3 is 0 Å². The summed E-state index contributed by atoms with van der Waals surface area (Å²) in [5.41, 5.74) is 1.97. The summed E-state index contributed by atoms with van der Waals surface area (Å²) in [5.74, 6) is -0.213. The zero-order valence-electron chi connectivity index (χ0n) is 16.9. The average Bonchev–Trinajstić information content (AvgIpc) is 2.75. The first kappa shape index (κ1) is 21.5. The molecular weight excluding hydrogens is 398 g/mol. The van der Waals surface area contributed by atoms with E-state index in [9.17, 15) is 13.2 Å². The molecule has 2 N–H and O–H groups in total. The minimum absolute atomic E-state index is 0.0482. The predicted molar refractivity (Wildman–Crippen MR) is 119 cm³/mol. The van der Waals surface area contributed by atoms with Gasteiger partial charge in [0.1, 0.15) is 0 Å². The molecule has 1 unspecified atom stereocenters. The van der Waals surface area contributed by atoms with Gasteiger partial charge in [-0.1, -0.05) is 48.5 Å². The summed E-state index contributed by atoms with van der Waals surface area (Å²) < 4.78 is 27.3. The molecule has 156 valence electrons. The van der Waals surface area contributed by atoms with E-state index in [2.05, 4.69) is 14.9 Å². The van der Waals surface area contributed by atoms with Crippen molar-refractivity contribution in [2.75, 3.05) is 25.4 Å². The van der Waals surface area contributed by atoms with E-state index in [1.165, 1.54) is 12.1 Å². The first-order valence-corrected chi connectivity index (χ1v) is 11.0. The first-order valence-electron chi connectivity index (χ1n) is 9.54. The molecule has 0 aliphatic heterocycles. The van der Waals surface area contributed by atoms with Crippen molar-refractivity contribution in [3.63, 3.8) is 0 Å². The standard InChI is InChI=1S/C23H25N3O3S/c1-26(2)22(18-9-5-3-6-10-18)17-24-23(27)19-13-15-20(16-14-19)25-30(28,29)21-11-7-4-8-12-21/h3-16,22,25H,17H2,1-2H3,(H,24,27). The lowest BCUT2D eigenvalue weighted by atomic mass is 10.1. The van der Waals surface area contributed by atoms with E-state index in [0.717, 1.165) is 5.56 Å². The summed E-state index contributed by atoms with van der Waals surface area (Å²) in [7, 11) is 0.275. The van der Waals surface area contributed by atoms with Crippen LogP contribution in [0.4, 0.5) is 5.69 Å². The Kier molecular flexibility index (Phi) is 6.87. The Morgan fingerprint density at radius 3 is 2.00 bits per heavy atom. The Balaban J connectivity index is 1.64. The van der Waals surface area contributed by atoms with Gasteiger partial charge in [0.25, 0.3) is 15.9 Å². The maximum absolute atomic E-state index is 12.6. The molecular formula is C23H25N3O3S. The van der Waals surface area contributed by atoms with Gasteiger partial charge in [0, 0.05) is 17.8 Å². The smallest absolute Gasteiger partial charge is 0.261 e. The van der Waals surface area contributed by atoms with E-state index >= 15 is 0 Å². The van der Waals surface area contributed by atoms with Crippen LogP contribution in [0.2, 0.25) is 0 Å². The zero-order chi connectivity index (χ0) is 21.6. The molecule has 0 saturated heterocycles. The molecule has 3 aromatic rings. The fourth-order valence-corrected chi connectivity index (χ4v) is 4.15. The van der Waals surface area contributed by atoms with Gasteiger partial charge in [0.15, 0.2) is 0 Å². The first-order chi connectivity index (χ1) is 14.4. The molecule has 6 nitrogen and oxygen atoms in total. The molecule has 0 aliphatic rings. The zero-order valence-corrected chi connectivity index (χ0v) is 17.8. The molecule has 0 aliphatic carbocycles. The second-order valence-electron chi connectivity index (χ2n) is 7.10. The topological polar surface area (TPSA) is 78.5 Å². The molecule has 3 rings (SSSR count). The van der Waals surface area contributed by atoms with Crippen LogP contribution in [0.25, 0.3) is 0 Å². The summed E-state index contributed by atoms with van der Waals surface area (Å²) in [6.07, 6.45) is 0. The number of nitrogens with zero attached hydrogens (tertiary/aromatic N) is 1. The van der Waals surface area contributed by atoms with Crippen LogP contribution in [-0.2, 0) is 10.0 Å². The molecule has 1 atom stereocenters. The number of hydrogen-bond donors (Lipinski definition) is 2. The van der Waals surface area contributed by atoms with Crippen LogP contribution in [0.15, 0.2) is 89.8 Å². The molecule has 1 amide bonds. The molecule has 0 heterocycles. The number of benzene rings is 3. The van der Waals surface area contributed by atoms with Gasteiger partial charge in [-0.05, 0) is 56.1 Å². The molecule has 3 aromatic carbocycles. The lowest BCUT2D eigenvalue weighted by Gasteiger charge is -2.25. The number of hydrogen-bond acceptors (Lipinski definition) is 4. The van der Waals surface area contributed by atoms with Crippen LogP contribution in [0.5, 0.6) is 0 Å². The van der Waals surface area contributed by atoms with E-state index in [1.54, 1.807) is 42.5 Å². The Labute approximate surface area is 177 Å². The molecule has 0 fully saturated rings. The van der Waals surface area contributed by atoms with Crippen molar-refractivity contribution >= 4 is 21.6 Å². The monoisotopic (exact) mass is 423 g/mol. The molecule has 0 saturated carbocycles.